The summed E-state index contributed by atoms with van der Waals surface area (Å²) in [5.41, 5.74) is 1.32. The smallest absolute Gasteiger partial charge is 0.335 e. The number of carbonyl (C=O) groups is 1. The van der Waals surface area contributed by atoms with Crippen molar-refractivity contribution in [2.75, 3.05) is 0 Å². The summed E-state index contributed by atoms with van der Waals surface area (Å²) in [5, 5.41) is 18.9. The number of benzene rings is 1. The predicted octanol–water partition coefficient (Wildman–Crippen LogP) is 1.97. The molecule has 2 N–H and O–H groups in total. The molecule has 1 heterocycles. The number of ether oxygens (including phenoxy) is 1. The van der Waals surface area contributed by atoms with E-state index in [9.17, 15) is 4.79 Å². The summed E-state index contributed by atoms with van der Waals surface area (Å²) < 4.78 is 5.72. The minimum atomic E-state index is -0.992. The number of hydrogen-bond donors (Lipinski definition) is 2. The van der Waals surface area contributed by atoms with Gasteiger partial charge in [0.25, 0.3) is 0 Å². The number of fused-ring (bicyclic) bond motifs is 1. The van der Waals surface area contributed by atoms with Gasteiger partial charge in [0.15, 0.2) is 0 Å². The van der Waals surface area contributed by atoms with Gasteiger partial charge < -0.3 is 14.9 Å². The van der Waals surface area contributed by atoms with Gasteiger partial charge in [-0.05, 0) is 31.0 Å². The van der Waals surface area contributed by atoms with Crippen molar-refractivity contribution in [2.24, 2.45) is 0 Å². The largest absolute Gasteiger partial charge is 0.488 e. The van der Waals surface area contributed by atoms with Crippen molar-refractivity contribution in [1.82, 2.24) is 4.98 Å². The lowest BCUT2D eigenvalue weighted by molar-refractivity contribution is 0.0696. The van der Waals surface area contributed by atoms with Gasteiger partial charge in [-0.3, -0.25) is 0 Å². The Morgan fingerprint density at radius 3 is 2.79 bits per heavy atom. The molecular formula is C14H13NO4. The van der Waals surface area contributed by atoms with Crippen molar-refractivity contribution < 1.29 is 19.7 Å². The molecule has 1 aromatic heterocycles. The van der Waals surface area contributed by atoms with Crippen LogP contribution in [0, 0.1) is 0 Å². The maximum atomic E-state index is 11.1. The molecule has 2 aromatic rings. The number of carboxylic acids is 1. The molecule has 1 aliphatic rings. The van der Waals surface area contributed by atoms with Crippen molar-refractivity contribution in [3.05, 3.63) is 35.5 Å². The molecule has 5 heteroatoms. The second-order valence-electron chi connectivity index (χ2n) is 4.63. The number of carboxylic acid groups (broad SMARTS) is 1. The van der Waals surface area contributed by atoms with Gasteiger partial charge in [-0.2, -0.15) is 0 Å². The zero-order chi connectivity index (χ0) is 13.4. The molecule has 3 rings (SSSR count). The molecule has 1 aliphatic carbocycles. The monoisotopic (exact) mass is 259 g/mol. The lowest BCUT2D eigenvalue weighted by Crippen LogP contribution is -2.03. The second-order valence-corrected chi connectivity index (χ2v) is 4.63. The number of hydrogen-bond acceptors (Lipinski definition) is 4. The minimum absolute atomic E-state index is 0.153. The Kier molecular flexibility index (Phi) is 2.83. The van der Waals surface area contributed by atoms with Crippen molar-refractivity contribution in [3.8, 4) is 5.75 Å². The Balaban J connectivity index is 2.17. The Labute approximate surface area is 109 Å². The summed E-state index contributed by atoms with van der Waals surface area (Å²) in [4.78, 5) is 15.4. The van der Waals surface area contributed by atoms with Crippen LogP contribution in [0.4, 0.5) is 0 Å². The van der Waals surface area contributed by atoms with Crippen LogP contribution in [-0.4, -0.2) is 27.3 Å². The van der Waals surface area contributed by atoms with Crippen LogP contribution in [0.2, 0.25) is 0 Å². The minimum Gasteiger partial charge on any atom is -0.488 e. The molecule has 19 heavy (non-hydrogen) atoms. The van der Waals surface area contributed by atoms with Crippen LogP contribution in [0.25, 0.3) is 10.9 Å². The maximum Gasteiger partial charge on any atom is 0.335 e. The quantitative estimate of drug-likeness (QED) is 0.877. The van der Waals surface area contributed by atoms with E-state index in [1.807, 2.05) is 0 Å². The van der Waals surface area contributed by atoms with E-state index in [4.69, 9.17) is 14.9 Å². The van der Waals surface area contributed by atoms with E-state index in [1.54, 1.807) is 18.2 Å². The molecule has 0 bridgehead atoms. The van der Waals surface area contributed by atoms with E-state index >= 15 is 0 Å². The van der Waals surface area contributed by atoms with Crippen LogP contribution in [0.15, 0.2) is 24.3 Å². The summed E-state index contributed by atoms with van der Waals surface area (Å²) in [5.74, 6) is -0.513. The zero-order valence-corrected chi connectivity index (χ0v) is 10.2. The normalized spacial score (nSPS) is 14.6. The predicted molar refractivity (Wildman–Crippen MR) is 68.3 cm³/mol. The van der Waals surface area contributed by atoms with Gasteiger partial charge in [0.1, 0.15) is 11.3 Å². The first-order valence-electron chi connectivity index (χ1n) is 6.12. The third-order valence-corrected chi connectivity index (χ3v) is 3.04. The van der Waals surface area contributed by atoms with E-state index in [0.29, 0.717) is 22.3 Å². The molecule has 0 amide bonds. The standard InChI is InChI=1S/C14H13NO4/c16-7-10-2-1-8-5-9(14(17)18)6-12(13(8)15-10)19-11-3-4-11/h1-2,5-6,11,16H,3-4,7H2,(H,17,18). The van der Waals surface area contributed by atoms with Crippen LogP contribution < -0.4 is 4.74 Å². The fourth-order valence-electron chi connectivity index (χ4n) is 1.91. The molecule has 0 atom stereocenters. The number of nitrogens with zero attached hydrogens (tertiary/aromatic N) is 1. The highest BCUT2D eigenvalue weighted by Crippen LogP contribution is 2.32. The SMILES string of the molecule is O=C(O)c1cc(OC2CC2)c2nc(CO)ccc2c1. The summed E-state index contributed by atoms with van der Waals surface area (Å²) in [6.45, 7) is -0.153. The number of aliphatic hydroxyl groups is 1. The molecule has 0 aliphatic heterocycles. The van der Waals surface area contributed by atoms with Gasteiger partial charge in [0.05, 0.1) is 24.0 Å². The summed E-state index contributed by atoms with van der Waals surface area (Å²) in [6.07, 6.45) is 2.13. The molecule has 0 spiro atoms. The number of aromatic carboxylic acids is 1. The first kappa shape index (κ1) is 11.9. The van der Waals surface area contributed by atoms with Gasteiger partial charge >= 0.3 is 5.97 Å². The Bertz CT molecular complexity index is 649. The van der Waals surface area contributed by atoms with Gasteiger partial charge in [-0.15, -0.1) is 0 Å². The zero-order valence-electron chi connectivity index (χ0n) is 10.2. The van der Waals surface area contributed by atoms with E-state index in [0.717, 1.165) is 12.8 Å². The highest BCUT2D eigenvalue weighted by molar-refractivity contribution is 5.96. The molecule has 1 saturated carbocycles. The maximum absolute atomic E-state index is 11.1. The van der Waals surface area contributed by atoms with Crippen LogP contribution >= 0.6 is 0 Å². The summed E-state index contributed by atoms with van der Waals surface area (Å²) in [7, 11) is 0. The lowest BCUT2D eigenvalue weighted by Gasteiger charge is -2.10. The molecular weight excluding hydrogens is 246 g/mol. The molecule has 1 fully saturated rings. The first-order chi connectivity index (χ1) is 9.17. The van der Waals surface area contributed by atoms with Crippen LogP contribution in [0.3, 0.4) is 0 Å². The molecule has 0 radical (unpaired) electrons. The molecule has 0 saturated heterocycles. The third-order valence-electron chi connectivity index (χ3n) is 3.04. The fourth-order valence-corrected chi connectivity index (χ4v) is 1.91. The molecule has 0 unspecified atom stereocenters. The second kappa shape index (κ2) is 4.51. The van der Waals surface area contributed by atoms with Gasteiger partial charge in [-0.25, -0.2) is 9.78 Å². The van der Waals surface area contributed by atoms with Crippen molar-refractivity contribution in [2.45, 2.75) is 25.6 Å². The average molecular weight is 259 g/mol. The number of rotatable bonds is 4. The van der Waals surface area contributed by atoms with Crippen molar-refractivity contribution in [3.63, 3.8) is 0 Å². The fraction of sp³-hybridized carbons (Fsp3) is 0.286. The van der Waals surface area contributed by atoms with Gasteiger partial charge in [-0.1, -0.05) is 6.07 Å². The summed E-state index contributed by atoms with van der Waals surface area (Å²) >= 11 is 0. The van der Waals surface area contributed by atoms with E-state index < -0.39 is 5.97 Å². The topological polar surface area (TPSA) is 79.7 Å². The van der Waals surface area contributed by atoms with E-state index in [2.05, 4.69) is 4.98 Å². The highest BCUT2D eigenvalue weighted by atomic mass is 16.5. The van der Waals surface area contributed by atoms with Gasteiger partial charge in [0.2, 0.25) is 0 Å². The molecule has 1 aromatic carbocycles. The molecule has 98 valence electrons. The van der Waals surface area contributed by atoms with Crippen molar-refractivity contribution in [1.29, 1.82) is 0 Å². The van der Waals surface area contributed by atoms with Gasteiger partial charge in [0, 0.05) is 5.39 Å². The lowest BCUT2D eigenvalue weighted by atomic mass is 10.1. The van der Waals surface area contributed by atoms with E-state index in [1.165, 1.54) is 6.07 Å². The highest BCUT2D eigenvalue weighted by Gasteiger charge is 2.25. The first-order valence-corrected chi connectivity index (χ1v) is 6.12. The van der Waals surface area contributed by atoms with Crippen LogP contribution in [-0.2, 0) is 6.61 Å². The average Bonchev–Trinajstić information content (AvgIpc) is 3.22. The number of pyridine rings is 1. The number of aliphatic hydroxyl groups excluding tert-OH is 1. The Morgan fingerprint density at radius 2 is 2.16 bits per heavy atom. The van der Waals surface area contributed by atoms with Crippen molar-refractivity contribution >= 4 is 16.9 Å². The number of aromatic nitrogens is 1. The van der Waals surface area contributed by atoms with E-state index in [-0.39, 0.29) is 18.3 Å². The summed E-state index contributed by atoms with van der Waals surface area (Å²) in [6, 6.07) is 6.48. The Morgan fingerprint density at radius 1 is 1.37 bits per heavy atom. The third kappa shape index (κ3) is 2.37. The Hall–Kier alpha value is -2.14. The van der Waals surface area contributed by atoms with Crippen LogP contribution in [0.1, 0.15) is 28.9 Å². The van der Waals surface area contributed by atoms with Crippen LogP contribution in [0.5, 0.6) is 5.75 Å². The molecule has 5 nitrogen and oxygen atoms in total.